The molecule has 1 aromatic rings. The van der Waals surface area contributed by atoms with E-state index in [0.29, 0.717) is 5.75 Å². The van der Waals surface area contributed by atoms with Crippen LogP contribution in [0.5, 0.6) is 0 Å². The van der Waals surface area contributed by atoms with Gasteiger partial charge in [0.15, 0.2) is 6.04 Å². The molecule has 0 saturated heterocycles. The van der Waals surface area contributed by atoms with E-state index in [1.54, 1.807) is 0 Å². The molecule has 78 valence electrons. The van der Waals surface area contributed by atoms with Gasteiger partial charge in [0.2, 0.25) is 0 Å². The molecule has 3 nitrogen and oxygen atoms in total. The Balaban J connectivity index is 2.22. The van der Waals surface area contributed by atoms with Crippen molar-refractivity contribution in [1.82, 2.24) is 0 Å². The minimum atomic E-state index is -0.844. The van der Waals surface area contributed by atoms with Crippen LogP contribution in [0.2, 0.25) is 0 Å². The Morgan fingerprint density at radius 3 is 2.67 bits per heavy atom. The van der Waals surface area contributed by atoms with Gasteiger partial charge in [-0.2, -0.15) is 0 Å². The zero-order chi connectivity index (χ0) is 10.8. The summed E-state index contributed by atoms with van der Waals surface area (Å²) >= 11 is 3.74. The van der Waals surface area contributed by atoms with Crippen LogP contribution in [0.25, 0.3) is 0 Å². The molecule has 0 spiro atoms. The van der Waals surface area contributed by atoms with Crippen LogP contribution in [0.1, 0.15) is 5.56 Å². The van der Waals surface area contributed by atoms with Gasteiger partial charge in [-0.3, -0.25) is 4.99 Å². The zero-order valence-corrected chi connectivity index (χ0v) is 10.7. The summed E-state index contributed by atoms with van der Waals surface area (Å²) < 4.78 is 1.16. The number of aliphatic carboxylic acids is 1. The number of hydrogen-bond acceptors (Lipinski definition) is 3. The Bertz CT molecular complexity index is 416. The third-order valence-corrected chi connectivity index (χ3v) is 3.84. The summed E-state index contributed by atoms with van der Waals surface area (Å²) in [7, 11) is 0. The first-order valence-corrected chi connectivity index (χ1v) is 6.42. The molecule has 15 heavy (non-hydrogen) atoms. The van der Waals surface area contributed by atoms with Crippen molar-refractivity contribution in [3.8, 4) is 0 Å². The van der Waals surface area contributed by atoms with Crippen molar-refractivity contribution in [2.45, 2.75) is 6.04 Å². The molecule has 0 saturated carbocycles. The molecule has 5 heteroatoms. The molecule has 0 amide bonds. The third-order valence-electron chi connectivity index (χ3n) is 2.03. The number of hydrogen-bond donors (Lipinski definition) is 1. The minimum absolute atomic E-state index is 0.538. The van der Waals surface area contributed by atoms with Crippen molar-refractivity contribution in [1.29, 1.82) is 0 Å². The fourth-order valence-electron chi connectivity index (χ4n) is 1.25. The summed E-state index contributed by atoms with van der Waals surface area (Å²) in [6.07, 6.45) is 0. The molecule has 0 radical (unpaired) electrons. The number of carbonyl (C=O) groups is 1. The second kappa shape index (κ2) is 4.52. The molecule has 1 heterocycles. The monoisotopic (exact) mass is 333 g/mol. The van der Waals surface area contributed by atoms with Crippen molar-refractivity contribution in [3.63, 3.8) is 0 Å². The van der Waals surface area contributed by atoms with Gasteiger partial charge in [-0.15, -0.1) is 11.8 Å². The highest BCUT2D eigenvalue weighted by molar-refractivity contribution is 14.1. The largest absolute Gasteiger partial charge is 0.480 e. The molecule has 1 aliphatic heterocycles. The Morgan fingerprint density at radius 2 is 2.13 bits per heavy atom. The summed E-state index contributed by atoms with van der Waals surface area (Å²) in [4.78, 5) is 14.9. The average molecular weight is 333 g/mol. The molecule has 0 fully saturated rings. The van der Waals surface area contributed by atoms with Gasteiger partial charge in [-0.1, -0.05) is 12.1 Å². The minimum Gasteiger partial charge on any atom is -0.480 e. The third kappa shape index (κ3) is 2.52. The van der Waals surface area contributed by atoms with Crippen LogP contribution in [0.15, 0.2) is 29.3 Å². The van der Waals surface area contributed by atoms with Gasteiger partial charge < -0.3 is 5.11 Å². The topological polar surface area (TPSA) is 49.7 Å². The predicted molar refractivity (Wildman–Crippen MR) is 69.6 cm³/mol. The lowest BCUT2D eigenvalue weighted by Gasteiger charge is -1.98. The highest BCUT2D eigenvalue weighted by atomic mass is 127. The maximum atomic E-state index is 10.7. The number of aliphatic imine (C=N–C) groups is 1. The quantitative estimate of drug-likeness (QED) is 0.845. The molecule has 1 unspecified atom stereocenters. The van der Waals surface area contributed by atoms with Crippen molar-refractivity contribution in [2.75, 3.05) is 5.75 Å². The van der Waals surface area contributed by atoms with Crippen LogP contribution in [-0.2, 0) is 4.79 Å². The molecular formula is C10H8INO2S. The molecule has 0 aromatic heterocycles. The van der Waals surface area contributed by atoms with Gasteiger partial charge in [-0.05, 0) is 34.7 Å². The SMILES string of the molecule is O=C(O)C1CSC(c2ccc(I)cc2)=N1. The summed E-state index contributed by atoms with van der Waals surface area (Å²) in [6, 6.07) is 7.35. The van der Waals surface area contributed by atoms with Crippen LogP contribution in [0.4, 0.5) is 0 Å². The van der Waals surface area contributed by atoms with Crippen LogP contribution in [-0.4, -0.2) is 27.9 Å². The van der Waals surface area contributed by atoms with Crippen LogP contribution >= 0.6 is 34.4 Å². The second-order valence-electron chi connectivity index (χ2n) is 3.11. The average Bonchev–Trinajstić information content (AvgIpc) is 2.68. The predicted octanol–water partition coefficient (Wildman–Crippen LogP) is 2.24. The Kier molecular flexibility index (Phi) is 3.30. The number of benzene rings is 1. The molecule has 2 rings (SSSR count). The molecule has 1 atom stereocenters. The van der Waals surface area contributed by atoms with Gasteiger partial charge in [0.1, 0.15) is 0 Å². The van der Waals surface area contributed by atoms with Gasteiger partial charge in [0.05, 0.1) is 5.04 Å². The Morgan fingerprint density at radius 1 is 1.47 bits per heavy atom. The maximum absolute atomic E-state index is 10.7. The molecule has 0 bridgehead atoms. The summed E-state index contributed by atoms with van der Waals surface area (Å²) in [5.41, 5.74) is 1.00. The van der Waals surface area contributed by atoms with Gasteiger partial charge in [-0.25, -0.2) is 4.79 Å². The highest BCUT2D eigenvalue weighted by Crippen LogP contribution is 2.23. The van der Waals surface area contributed by atoms with E-state index in [9.17, 15) is 4.79 Å². The van der Waals surface area contributed by atoms with Gasteiger partial charge in [0, 0.05) is 14.9 Å². The Hall–Kier alpha value is -0.560. The fourth-order valence-corrected chi connectivity index (χ4v) is 2.65. The summed E-state index contributed by atoms with van der Waals surface area (Å²) in [6.45, 7) is 0. The lowest BCUT2D eigenvalue weighted by molar-refractivity contribution is -0.137. The summed E-state index contributed by atoms with van der Waals surface area (Å²) in [5, 5.41) is 9.63. The van der Waals surface area contributed by atoms with Crippen LogP contribution in [0.3, 0.4) is 0 Å². The van der Waals surface area contributed by atoms with E-state index < -0.39 is 12.0 Å². The first-order valence-electron chi connectivity index (χ1n) is 4.36. The number of nitrogens with zero attached hydrogens (tertiary/aromatic N) is 1. The summed E-state index contributed by atoms with van der Waals surface area (Å²) in [5.74, 6) is -0.306. The second-order valence-corrected chi connectivity index (χ2v) is 5.36. The van der Waals surface area contributed by atoms with Crippen LogP contribution in [0, 0.1) is 3.57 Å². The van der Waals surface area contributed by atoms with Crippen molar-refractivity contribution < 1.29 is 9.90 Å². The molecular weight excluding hydrogens is 325 g/mol. The standard InChI is InChI=1S/C10H8INO2S/c11-7-3-1-6(2-4-7)9-12-8(5-15-9)10(13)14/h1-4,8H,5H2,(H,13,14). The normalized spacial score (nSPS) is 20.1. The van der Waals surface area contributed by atoms with Crippen LogP contribution < -0.4 is 0 Å². The highest BCUT2D eigenvalue weighted by Gasteiger charge is 2.24. The number of halogens is 1. The fraction of sp³-hybridized carbons (Fsp3) is 0.200. The number of carboxylic acids is 1. The van der Waals surface area contributed by atoms with Gasteiger partial charge in [0.25, 0.3) is 0 Å². The number of thioether (sulfide) groups is 1. The Labute approximate surface area is 105 Å². The molecule has 1 N–H and O–H groups in total. The van der Waals surface area contributed by atoms with E-state index in [1.807, 2.05) is 24.3 Å². The lowest BCUT2D eigenvalue weighted by atomic mass is 10.2. The van der Waals surface area contributed by atoms with Gasteiger partial charge >= 0.3 is 5.97 Å². The van der Waals surface area contributed by atoms with E-state index in [0.717, 1.165) is 14.2 Å². The number of rotatable bonds is 2. The van der Waals surface area contributed by atoms with Crippen molar-refractivity contribution in [2.24, 2.45) is 4.99 Å². The lowest BCUT2D eigenvalue weighted by Crippen LogP contribution is -2.17. The smallest absolute Gasteiger partial charge is 0.329 e. The first-order chi connectivity index (χ1) is 7.16. The number of carboxylic acid groups (broad SMARTS) is 1. The van der Waals surface area contributed by atoms with E-state index in [2.05, 4.69) is 27.6 Å². The van der Waals surface area contributed by atoms with E-state index in [-0.39, 0.29) is 0 Å². The molecule has 0 aliphatic carbocycles. The van der Waals surface area contributed by atoms with E-state index in [4.69, 9.17) is 5.11 Å². The zero-order valence-electron chi connectivity index (χ0n) is 7.68. The first kappa shape index (κ1) is 10.9. The van der Waals surface area contributed by atoms with E-state index in [1.165, 1.54) is 11.8 Å². The molecule has 1 aliphatic rings. The van der Waals surface area contributed by atoms with E-state index >= 15 is 0 Å². The van der Waals surface area contributed by atoms with Crippen molar-refractivity contribution >= 4 is 45.4 Å². The van der Waals surface area contributed by atoms with Crippen molar-refractivity contribution in [3.05, 3.63) is 33.4 Å². The molecule has 1 aromatic carbocycles. The maximum Gasteiger partial charge on any atom is 0.329 e.